The van der Waals surface area contributed by atoms with Crippen molar-refractivity contribution in [3.8, 4) is 5.75 Å². The number of aryl methyl sites for hydroxylation is 1. The predicted octanol–water partition coefficient (Wildman–Crippen LogP) is 4.74. The average molecular weight is 406 g/mol. The van der Waals surface area contributed by atoms with Gasteiger partial charge < -0.3 is 20.3 Å². The molecule has 0 fully saturated rings. The van der Waals surface area contributed by atoms with E-state index in [4.69, 9.17) is 11.3 Å². The lowest BCUT2D eigenvalue weighted by Gasteiger charge is -2.21. The van der Waals surface area contributed by atoms with E-state index in [1.807, 2.05) is 25.1 Å². The summed E-state index contributed by atoms with van der Waals surface area (Å²) in [6.45, 7) is 16.5. The number of aromatic nitrogens is 3. The largest absolute Gasteiger partial charge is 0.492 e. The van der Waals surface area contributed by atoms with Crippen LogP contribution in [-0.2, 0) is 0 Å². The molecule has 0 aliphatic carbocycles. The minimum atomic E-state index is 0.458. The minimum absolute atomic E-state index is 0.458. The summed E-state index contributed by atoms with van der Waals surface area (Å²) in [5.41, 5.74) is 2.60. The number of hydrogen-bond donors (Lipinski definition) is 3. The maximum absolute atomic E-state index is 7.35. The van der Waals surface area contributed by atoms with Gasteiger partial charge >= 0.3 is 0 Å². The van der Waals surface area contributed by atoms with Gasteiger partial charge in [0, 0.05) is 37.1 Å². The summed E-state index contributed by atoms with van der Waals surface area (Å²) in [6.07, 6.45) is 0. The van der Waals surface area contributed by atoms with Gasteiger partial charge in [0.25, 0.3) is 0 Å². The van der Waals surface area contributed by atoms with E-state index >= 15 is 0 Å². The number of pyridine rings is 1. The van der Waals surface area contributed by atoms with E-state index in [-0.39, 0.29) is 0 Å². The summed E-state index contributed by atoms with van der Waals surface area (Å²) in [5, 5.41) is 13.3. The highest BCUT2D eigenvalue weighted by atomic mass is 16.5. The normalized spacial score (nSPS) is 10.3. The molecule has 2 aromatic heterocycles. The SMILES string of the molecule is [C-]#[N+]c1ccc(Nc2cc(C)[nH]n2)nc1NCCOc1ccc(N(CC)CC)cc1. The maximum Gasteiger partial charge on any atom is 0.228 e. The molecular weight excluding hydrogens is 378 g/mol. The molecule has 3 N–H and O–H groups in total. The Kier molecular flexibility index (Phi) is 7.11. The Morgan fingerprint density at radius 1 is 1.10 bits per heavy atom. The molecule has 8 heteroatoms. The summed E-state index contributed by atoms with van der Waals surface area (Å²) in [6, 6.07) is 13.5. The minimum Gasteiger partial charge on any atom is -0.492 e. The molecule has 0 aliphatic rings. The summed E-state index contributed by atoms with van der Waals surface area (Å²) >= 11 is 0. The first-order valence-electron chi connectivity index (χ1n) is 10.0. The zero-order chi connectivity index (χ0) is 21.3. The van der Waals surface area contributed by atoms with E-state index < -0.39 is 0 Å². The summed E-state index contributed by atoms with van der Waals surface area (Å²) < 4.78 is 5.82. The smallest absolute Gasteiger partial charge is 0.228 e. The molecule has 2 heterocycles. The lowest BCUT2D eigenvalue weighted by atomic mass is 10.2. The van der Waals surface area contributed by atoms with Gasteiger partial charge in [-0.15, -0.1) is 0 Å². The quantitative estimate of drug-likeness (QED) is 0.334. The number of hydrogen-bond acceptors (Lipinski definition) is 6. The summed E-state index contributed by atoms with van der Waals surface area (Å²) in [7, 11) is 0. The van der Waals surface area contributed by atoms with Crippen LogP contribution in [0.1, 0.15) is 19.5 Å². The standard InChI is InChI=1S/C22H27N7O/c1-5-29(6-2)17-7-9-18(10-8-17)30-14-13-24-22-19(23-4)11-12-20(26-22)25-21-15-16(3)27-28-21/h7-12,15H,5-6,13-14H2,1-3H3,(H3,24,25,26,27,28). The summed E-state index contributed by atoms with van der Waals surface area (Å²) in [5.74, 6) is 2.63. The van der Waals surface area contributed by atoms with Crippen molar-refractivity contribution in [2.75, 3.05) is 41.8 Å². The Morgan fingerprint density at radius 2 is 1.87 bits per heavy atom. The van der Waals surface area contributed by atoms with Gasteiger partial charge in [-0.05, 0) is 57.2 Å². The molecule has 0 bridgehead atoms. The highest BCUT2D eigenvalue weighted by molar-refractivity contribution is 5.69. The Morgan fingerprint density at radius 3 is 2.50 bits per heavy atom. The number of rotatable bonds is 10. The van der Waals surface area contributed by atoms with E-state index in [1.165, 1.54) is 5.69 Å². The van der Waals surface area contributed by atoms with Crippen molar-refractivity contribution in [1.29, 1.82) is 0 Å². The lowest BCUT2D eigenvalue weighted by molar-refractivity contribution is 0.333. The van der Waals surface area contributed by atoms with Crippen molar-refractivity contribution >= 4 is 28.8 Å². The van der Waals surface area contributed by atoms with Crippen LogP contribution in [0.15, 0.2) is 42.5 Å². The van der Waals surface area contributed by atoms with Crippen molar-refractivity contribution in [1.82, 2.24) is 15.2 Å². The Labute approximate surface area is 177 Å². The van der Waals surface area contributed by atoms with Gasteiger partial charge in [0.1, 0.15) is 24.0 Å². The van der Waals surface area contributed by atoms with Crippen molar-refractivity contribution < 1.29 is 4.74 Å². The van der Waals surface area contributed by atoms with Crippen LogP contribution in [0.5, 0.6) is 5.75 Å². The average Bonchev–Trinajstić information content (AvgIpc) is 3.18. The van der Waals surface area contributed by atoms with Gasteiger partial charge in [0.2, 0.25) is 5.69 Å². The van der Waals surface area contributed by atoms with Crippen LogP contribution in [-0.4, -0.2) is 41.4 Å². The molecule has 0 spiro atoms. The van der Waals surface area contributed by atoms with Crippen LogP contribution in [0.4, 0.5) is 28.8 Å². The van der Waals surface area contributed by atoms with Crippen molar-refractivity contribution in [3.63, 3.8) is 0 Å². The van der Waals surface area contributed by atoms with Gasteiger partial charge in [-0.2, -0.15) is 5.10 Å². The molecule has 0 saturated heterocycles. The fourth-order valence-corrected chi connectivity index (χ4v) is 3.04. The van der Waals surface area contributed by atoms with E-state index in [1.54, 1.807) is 12.1 Å². The molecule has 0 amide bonds. The maximum atomic E-state index is 7.35. The number of aromatic amines is 1. The van der Waals surface area contributed by atoms with Gasteiger partial charge in [-0.1, -0.05) is 0 Å². The molecule has 1 aromatic carbocycles. The third-order valence-electron chi connectivity index (χ3n) is 4.59. The van der Waals surface area contributed by atoms with Crippen LogP contribution < -0.4 is 20.3 Å². The van der Waals surface area contributed by atoms with Crippen LogP contribution >= 0.6 is 0 Å². The predicted molar refractivity (Wildman–Crippen MR) is 121 cm³/mol. The number of nitrogens with zero attached hydrogens (tertiary/aromatic N) is 4. The first-order chi connectivity index (χ1) is 14.6. The fourth-order valence-electron chi connectivity index (χ4n) is 3.04. The van der Waals surface area contributed by atoms with E-state index in [0.29, 0.717) is 36.3 Å². The second kappa shape index (κ2) is 10.2. The summed E-state index contributed by atoms with van der Waals surface area (Å²) in [4.78, 5) is 10.3. The van der Waals surface area contributed by atoms with Crippen LogP contribution in [0.2, 0.25) is 0 Å². The lowest BCUT2D eigenvalue weighted by Crippen LogP contribution is -2.21. The molecule has 0 atom stereocenters. The monoisotopic (exact) mass is 405 g/mol. The topological polar surface area (TPSA) is 82.5 Å². The van der Waals surface area contributed by atoms with Crippen molar-refractivity contribution in [2.45, 2.75) is 20.8 Å². The van der Waals surface area contributed by atoms with Crippen molar-refractivity contribution in [2.24, 2.45) is 0 Å². The zero-order valence-electron chi connectivity index (χ0n) is 17.6. The van der Waals surface area contributed by atoms with E-state index in [0.717, 1.165) is 24.5 Å². The third-order valence-corrected chi connectivity index (χ3v) is 4.59. The molecule has 8 nitrogen and oxygen atoms in total. The molecule has 0 saturated carbocycles. The number of H-pyrrole nitrogens is 1. The highest BCUT2D eigenvalue weighted by Gasteiger charge is 2.07. The Balaban J connectivity index is 1.55. The number of ether oxygens (including phenoxy) is 1. The third kappa shape index (κ3) is 5.41. The molecule has 0 radical (unpaired) electrons. The Bertz CT molecular complexity index is 987. The van der Waals surface area contributed by atoms with Gasteiger partial charge in [0.15, 0.2) is 5.82 Å². The second-order valence-electron chi connectivity index (χ2n) is 6.68. The van der Waals surface area contributed by atoms with Gasteiger partial charge in [-0.3, -0.25) is 5.10 Å². The molecule has 0 aliphatic heterocycles. The van der Waals surface area contributed by atoms with Crippen LogP contribution in [0.25, 0.3) is 4.85 Å². The van der Waals surface area contributed by atoms with Gasteiger partial charge in [-0.25, -0.2) is 9.83 Å². The molecular formula is C22H27N7O. The van der Waals surface area contributed by atoms with Gasteiger partial charge in [0.05, 0.1) is 6.57 Å². The number of nitrogens with one attached hydrogen (secondary N) is 3. The molecule has 0 unspecified atom stereocenters. The van der Waals surface area contributed by atoms with Crippen LogP contribution in [0.3, 0.4) is 0 Å². The molecule has 30 heavy (non-hydrogen) atoms. The zero-order valence-corrected chi connectivity index (χ0v) is 17.6. The van der Waals surface area contributed by atoms with E-state index in [2.05, 4.69) is 61.5 Å². The van der Waals surface area contributed by atoms with Crippen molar-refractivity contribution in [3.05, 3.63) is 59.6 Å². The molecule has 3 aromatic rings. The Hall–Kier alpha value is -3.73. The second-order valence-corrected chi connectivity index (χ2v) is 6.68. The molecule has 156 valence electrons. The number of benzene rings is 1. The number of anilines is 4. The van der Waals surface area contributed by atoms with Crippen LogP contribution in [0, 0.1) is 13.5 Å². The highest BCUT2D eigenvalue weighted by Crippen LogP contribution is 2.26. The van der Waals surface area contributed by atoms with E-state index in [9.17, 15) is 0 Å². The first-order valence-corrected chi connectivity index (χ1v) is 10.0. The molecule has 3 rings (SSSR count). The first kappa shape index (κ1) is 21.0. The fraction of sp³-hybridized carbons (Fsp3) is 0.318.